The lowest BCUT2D eigenvalue weighted by molar-refractivity contribution is 0.217. The molecule has 0 aromatic heterocycles. The summed E-state index contributed by atoms with van der Waals surface area (Å²) in [4.78, 5) is 13.0. The number of urea groups is 1. The van der Waals surface area contributed by atoms with E-state index in [0.29, 0.717) is 10.7 Å². The van der Waals surface area contributed by atoms with Crippen molar-refractivity contribution in [2.75, 3.05) is 12.4 Å². The molecule has 0 aliphatic rings. The van der Waals surface area contributed by atoms with Crippen molar-refractivity contribution in [3.05, 3.63) is 29.3 Å². The average Bonchev–Trinajstić information content (AvgIpc) is 2.27. The Kier molecular flexibility index (Phi) is 4.15. The van der Waals surface area contributed by atoms with Crippen LogP contribution < -0.4 is 5.32 Å². The summed E-state index contributed by atoms with van der Waals surface area (Å²) in [6.45, 7) is 1.65. The average molecular weight is 238 g/mol. The summed E-state index contributed by atoms with van der Waals surface area (Å²) in [5.41, 5.74) is 0.606. The van der Waals surface area contributed by atoms with Crippen LogP contribution in [0.1, 0.15) is 6.92 Å². The Morgan fingerprint density at radius 1 is 1.62 bits per heavy atom. The van der Waals surface area contributed by atoms with Crippen LogP contribution in [0.2, 0.25) is 5.02 Å². The van der Waals surface area contributed by atoms with E-state index in [1.54, 1.807) is 38.2 Å². The van der Waals surface area contributed by atoms with Crippen molar-refractivity contribution in [1.82, 2.24) is 4.90 Å². The van der Waals surface area contributed by atoms with Crippen LogP contribution in [0.4, 0.5) is 10.5 Å². The highest BCUT2D eigenvalue weighted by molar-refractivity contribution is 6.30. The predicted octanol–water partition coefficient (Wildman–Crippen LogP) is 2.72. The highest BCUT2D eigenvalue weighted by Gasteiger charge is 2.14. The second-order valence-electron chi connectivity index (χ2n) is 3.36. The zero-order chi connectivity index (χ0) is 12.1. The Labute approximate surface area is 99.4 Å². The van der Waals surface area contributed by atoms with Gasteiger partial charge in [0.2, 0.25) is 0 Å². The summed E-state index contributed by atoms with van der Waals surface area (Å²) in [7, 11) is 1.56. The van der Waals surface area contributed by atoms with Crippen LogP contribution in [0.25, 0.3) is 0 Å². The highest BCUT2D eigenvalue weighted by Crippen LogP contribution is 2.15. The van der Waals surface area contributed by atoms with Crippen molar-refractivity contribution in [2.45, 2.75) is 13.0 Å². The van der Waals surface area contributed by atoms with Crippen molar-refractivity contribution in [2.24, 2.45) is 0 Å². The number of nitriles is 1. The lowest BCUT2D eigenvalue weighted by Gasteiger charge is -2.19. The molecule has 0 radical (unpaired) electrons. The first-order valence-corrected chi connectivity index (χ1v) is 5.11. The van der Waals surface area contributed by atoms with Gasteiger partial charge < -0.3 is 10.2 Å². The van der Waals surface area contributed by atoms with Gasteiger partial charge >= 0.3 is 6.03 Å². The molecule has 5 heteroatoms. The quantitative estimate of drug-likeness (QED) is 0.860. The van der Waals surface area contributed by atoms with Gasteiger partial charge in [-0.25, -0.2) is 4.79 Å². The first-order chi connectivity index (χ1) is 7.54. The Hall–Kier alpha value is -1.73. The Morgan fingerprint density at radius 2 is 2.31 bits per heavy atom. The number of nitrogens with one attached hydrogen (secondary N) is 1. The van der Waals surface area contributed by atoms with Gasteiger partial charge in [0.15, 0.2) is 0 Å². The van der Waals surface area contributed by atoms with Gasteiger partial charge in [-0.2, -0.15) is 5.26 Å². The number of rotatable bonds is 2. The minimum absolute atomic E-state index is 0.337. The van der Waals surface area contributed by atoms with Gasteiger partial charge in [-0.15, -0.1) is 0 Å². The van der Waals surface area contributed by atoms with Gasteiger partial charge in [0.05, 0.1) is 6.07 Å². The number of halogens is 1. The molecular formula is C11H12ClN3O. The summed E-state index contributed by atoms with van der Waals surface area (Å²) < 4.78 is 0. The lowest BCUT2D eigenvalue weighted by atomic mass is 10.3. The number of amides is 2. The van der Waals surface area contributed by atoms with Crippen LogP contribution in [-0.4, -0.2) is 24.0 Å². The maximum Gasteiger partial charge on any atom is 0.322 e. The van der Waals surface area contributed by atoms with Crippen LogP contribution in [0.5, 0.6) is 0 Å². The topological polar surface area (TPSA) is 56.1 Å². The SMILES string of the molecule is CC(C#N)N(C)C(=O)Nc1cccc(Cl)c1. The highest BCUT2D eigenvalue weighted by atomic mass is 35.5. The molecule has 1 aromatic rings. The van der Waals surface area contributed by atoms with Crippen molar-refractivity contribution >= 4 is 23.3 Å². The lowest BCUT2D eigenvalue weighted by Crippen LogP contribution is -2.37. The van der Waals surface area contributed by atoms with E-state index in [4.69, 9.17) is 16.9 Å². The van der Waals surface area contributed by atoms with Crippen LogP contribution in [-0.2, 0) is 0 Å². The molecular weight excluding hydrogens is 226 g/mol. The van der Waals surface area contributed by atoms with E-state index in [1.807, 2.05) is 6.07 Å². The van der Waals surface area contributed by atoms with Gasteiger partial charge in [0.1, 0.15) is 6.04 Å². The molecule has 1 atom stereocenters. The number of carbonyl (C=O) groups is 1. The molecule has 1 N–H and O–H groups in total. The zero-order valence-electron chi connectivity index (χ0n) is 9.07. The van der Waals surface area contributed by atoms with E-state index in [9.17, 15) is 4.79 Å². The first-order valence-electron chi connectivity index (χ1n) is 4.73. The summed E-state index contributed by atoms with van der Waals surface area (Å²) in [6.07, 6.45) is 0. The normalized spacial score (nSPS) is 11.4. The molecule has 1 rings (SSSR count). The minimum atomic E-state index is -0.473. The molecule has 0 aliphatic carbocycles. The van der Waals surface area contributed by atoms with E-state index in [2.05, 4.69) is 5.32 Å². The molecule has 1 aromatic carbocycles. The number of benzene rings is 1. The molecule has 0 spiro atoms. The van der Waals surface area contributed by atoms with E-state index < -0.39 is 6.04 Å². The molecule has 0 saturated carbocycles. The van der Waals surface area contributed by atoms with Crippen LogP contribution in [0.15, 0.2) is 24.3 Å². The fraction of sp³-hybridized carbons (Fsp3) is 0.273. The second kappa shape index (κ2) is 5.38. The van der Waals surface area contributed by atoms with E-state index in [0.717, 1.165) is 0 Å². The molecule has 0 bridgehead atoms. The number of hydrogen-bond donors (Lipinski definition) is 1. The van der Waals surface area contributed by atoms with Gasteiger partial charge in [-0.05, 0) is 25.1 Å². The molecule has 2 amide bonds. The second-order valence-corrected chi connectivity index (χ2v) is 3.79. The van der Waals surface area contributed by atoms with E-state index >= 15 is 0 Å². The molecule has 0 heterocycles. The number of hydrogen-bond acceptors (Lipinski definition) is 2. The summed E-state index contributed by atoms with van der Waals surface area (Å²) in [6, 6.07) is 8.01. The summed E-state index contributed by atoms with van der Waals surface area (Å²) in [5, 5.41) is 11.9. The third-order valence-corrected chi connectivity index (χ3v) is 2.40. The van der Waals surface area contributed by atoms with Gasteiger partial charge in [0, 0.05) is 17.8 Å². The molecule has 0 aliphatic heterocycles. The van der Waals surface area contributed by atoms with Crippen molar-refractivity contribution in [3.63, 3.8) is 0 Å². The predicted molar refractivity (Wildman–Crippen MR) is 63.3 cm³/mol. The Bertz CT molecular complexity index is 427. The minimum Gasteiger partial charge on any atom is -0.312 e. The van der Waals surface area contributed by atoms with Crippen molar-refractivity contribution in [3.8, 4) is 6.07 Å². The maximum atomic E-state index is 11.6. The molecule has 16 heavy (non-hydrogen) atoms. The number of anilines is 1. The first kappa shape index (κ1) is 12.3. The summed E-state index contributed by atoms with van der Waals surface area (Å²) >= 11 is 5.78. The van der Waals surface area contributed by atoms with Gasteiger partial charge in [0.25, 0.3) is 0 Å². The molecule has 0 saturated heterocycles. The molecule has 1 unspecified atom stereocenters. The number of nitrogens with zero attached hydrogens (tertiary/aromatic N) is 2. The molecule has 4 nitrogen and oxygen atoms in total. The number of carbonyl (C=O) groups excluding carboxylic acids is 1. The van der Waals surface area contributed by atoms with Crippen molar-refractivity contribution in [1.29, 1.82) is 5.26 Å². The smallest absolute Gasteiger partial charge is 0.312 e. The van der Waals surface area contributed by atoms with Crippen LogP contribution in [0, 0.1) is 11.3 Å². The van der Waals surface area contributed by atoms with E-state index in [-0.39, 0.29) is 6.03 Å². The molecule has 84 valence electrons. The Balaban J connectivity index is 2.69. The fourth-order valence-electron chi connectivity index (χ4n) is 1.04. The largest absolute Gasteiger partial charge is 0.322 e. The zero-order valence-corrected chi connectivity index (χ0v) is 9.82. The standard InChI is InChI=1S/C11H12ClN3O/c1-8(7-13)15(2)11(16)14-10-5-3-4-9(12)6-10/h3-6,8H,1-2H3,(H,14,16). The Morgan fingerprint density at radius 3 is 2.88 bits per heavy atom. The van der Waals surface area contributed by atoms with Gasteiger partial charge in [-0.3, -0.25) is 0 Å². The third kappa shape index (κ3) is 3.14. The van der Waals surface area contributed by atoms with Crippen LogP contribution in [0.3, 0.4) is 0 Å². The van der Waals surface area contributed by atoms with Crippen molar-refractivity contribution < 1.29 is 4.79 Å². The van der Waals surface area contributed by atoms with Gasteiger partial charge in [-0.1, -0.05) is 17.7 Å². The van der Waals surface area contributed by atoms with E-state index in [1.165, 1.54) is 4.90 Å². The van der Waals surface area contributed by atoms with Crippen LogP contribution >= 0.6 is 11.6 Å². The monoisotopic (exact) mass is 237 g/mol. The fourth-order valence-corrected chi connectivity index (χ4v) is 1.23. The third-order valence-electron chi connectivity index (χ3n) is 2.16. The summed E-state index contributed by atoms with van der Waals surface area (Å²) in [5.74, 6) is 0. The maximum absolute atomic E-state index is 11.6. The molecule has 0 fully saturated rings.